The standard InChI is InChI=1S/C28H28N6OS/c1-21-12-13-25-29-26(23-10-6-3-7-11-23)24(33(25)18-21)20-36-28-31-30-27(32-14-16-35-17-15-32)34(28)19-22-8-4-2-5-9-22/h2-13,18H,14-17,19-20H2,1H3. The number of hydrogen-bond donors (Lipinski definition) is 0. The van der Waals surface area contributed by atoms with Crippen LogP contribution in [-0.4, -0.2) is 50.5 Å². The summed E-state index contributed by atoms with van der Waals surface area (Å²) >= 11 is 1.71. The Balaban J connectivity index is 1.37. The highest BCUT2D eigenvalue weighted by Crippen LogP contribution is 2.32. The maximum absolute atomic E-state index is 5.57. The molecule has 6 rings (SSSR count). The summed E-state index contributed by atoms with van der Waals surface area (Å²) in [6.07, 6.45) is 2.17. The van der Waals surface area contributed by atoms with Gasteiger partial charge in [0, 0.05) is 30.6 Å². The molecule has 1 aliphatic heterocycles. The Morgan fingerprint density at radius 1 is 0.889 bits per heavy atom. The fourth-order valence-electron chi connectivity index (χ4n) is 4.59. The van der Waals surface area contributed by atoms with Crippen molar-refractivity contribution in [2.45, 2.75) is 24.4 Å². The predicted molar refractivity (Wildman–Crippen MR) is 144 cm³/mol. The molecule has 0 bridgehead atoms. The van der Waals surface area contributed by atoms with Crippen LogP contribution in [0.4, 0.5) is 5.95 Å². The first-order valence-corrected chi connectivity index (χ1v) is 13.2. The van der Waals surface area contributed by atoms with Crippen LogP contribution in [0.3, 0.4) is 0 Å². The van der Waals surface area contributed by atoms with Crippen LogP contribution in [0.15, 0.2) is 84.1 Å². The third-order valence-corrected chi connectivity index (χ3v) is 7.40. The maximum Gasteiger partial charge on any atom is 0.228 e. The van der Waals surface area contributed by atoms with Gasteiger partial charge in [-0.1, -0.05) is 78.5 Å². The second-order valence-corrected chi connectivity index (χ2v) is 9.89. The Bertz CT molecular complexity index is 1460. The molecule has 0 amide bonds. The number of aryl methyl sites for hydroxylation is 1. The van der Waals surface area contributed by atoms with Crippen molar-refractivity contribution < 1.29 is 4.74 Å². The zero-order valence-electron chi connectivity index (χ0n) is 20.2. The van der Waals surface area contributed by atoms with Gasteiger partial charge in [0.05, 0.1) is 31.1 Å². The molecule has 4 heterocycles. The summed E-state index contributed by atoms with van der Waals surface area (Å²) in [4.78, 5) is 7.26. The largest absolute Gasteiger partial charge is 0.378 e. The normalized spacial score (nSPS) is 14.0. The Morgan fingerprint density at radius 3 is 2.42 bits per heavy atom. The summed E-state index contributed by atoms with van der Waals surface area (Å²) in [7, 11) is 0. The Kier molecular flexibility index (Phi) is 6.44. The fraction of sp³-hybridized carbons (Fsp3) is 0.250. The van der Waals surface area contributed by atoms with E-state index in [0.717, 1.165) is 59.1 Å². The second kappa shape index (κ2) is 10.2. The summed E-state index contributed by atoms with van der Waals surface area (Å²) in [5.41, 5.74) is 6.67. The van der Waals surface area contributed by atoms with Crippen molar-refractivity contribution in [2.24, 2.45) is 0 Å². The van der Waals surface area contributed by atoms with Crippen LogP contribution in [0.5, 0.6) is 0 Å². The van der Waals surface area contributed by atoms with E-state index >= 15 is 0 Å². The van der Waals surface area contributed by atoms with Gasteiger partial charge in [-0.2, -0.15) is 0 Å². The highest BCUT2D eigenvalue weighted by Gasteiger charge is 2.22. The number of anilines is 1. The van der Waals surface area contributed by atoms with Crippen LogP contribution in [-0.2, 0) is 17.0 Å². The summed E-state index contributed by atoms with van der Waals surface area (Å²) in [5.74, 6) is 1.63. The number of hydrogen-bond acceptors (Lipinski definition) is 6. The zero-order chi connectivity index (χ0) is 24.3. The van der Waals surface area contributed by atoms with Crippen molar-refractivity contribution >= 4 is 23.4 Å². The second-order valence-electron chi connectivity index (χ2n) is 8.95. The van der Waals surface area contributed by atoms with Crippen molar-refractivity contribution in [3.63, 3.8) is 0 Å². The SMILES string of the molecule is Cc1ccc2nc(-c3ccccc3)c(CSc3nnc(N4CCOCC4)n3Cc3ccccc3)n2c1. The van der Waals surface area contributed by atoms with Gasteiger partial charge in [-0.05, 0) is 24.1 Å². The van der Waals surface area contributed by atoms with E-state index in [1.54, 1.807) is 11.8 Å². The molecule has 3 aromatic heterocycles. The van der Waals surface area contributed by atoms with E-state index in [1.165, 1.54) is 11.1 Å². The number of nitrogens with zero attached hydrogens (tertiary/aromatic N) is 6. The first-order valence-electron chi connectivity index (χ1n) is 12.2. The van der Waals surface area contributed by atoms with Crippen LogP contribution < -0.4 is 4.90 Å². The molecule has 0 unspecified atom stereocenters. The first-order chi connectivity index (χ1) is 17.8. The number of morpholine rings is 1. The molecule has 0 saturated carbocycles. The third kappa shape index (κ3) is 4.62. The third-order valence-electron chi connectivity index (χ3n) is 6.43. The molecule has 0 N–H and O–H groups in total. The molecule has 1 saturated heterocycles. The van der Waals surface area contributed by atoms with Gasteiger partial charge in [0.2, 0.25) is 5.95 Å². The molecule has 0 atom stereocenters. The van der Waals surface area contributed by atoms with Crippen molar-refractivity contribution in [3.05, 3.63) is 95.8 Å². The van der Waals surface area contributed by atoms with Gasteiger partial charge in [0.25, 0.3) is 0 Å². The lowest BCUT2D eigenvalue weighted by Crippen LogP contribution is -2.38. The lowest BCUT2D eigenvalue weighted by Gasteiger charge is -2.28. The van der Waals surface area contributed by atoms with E-state index in [-0.39, 0.29) is 0 Å². The van der Waals surface area contributed by atoms with E-state index in [2.05, 4.69) is 97.8 Å². The minimum Gasteiger partial charge on any atom is -0.378 e. The summed E-state index contributed by atoms with van der Waals surface area (Å²) in [6.45, 7) is 5.90. The number of aromatic nitrogens is 5. The number of ether oxygens (including phenoxy) is 1. The van der Waals surface area contributed by atoms with Gasteiger partial charge in [-0.15, -0.1) is 10.2 Å². The number of rotatable bonds is 7. The number of benzene rings is 2. The molecule has 5 aromatic rings. The van der Waals surface area contributed by atoms with E-state index in [0.29, 0.717) is 13.2 Å². The van der Waals surface area contributed by atoms with E-state index < -0.39 is 0 Å². The van der Waals surface area contributed by atoms with Gasteiger partial charge in [-0.25, -0.2) is 4.98 Å². The molecule has 0 aliphatic carbocycles. The first kappa shape index (κ1) is 22.8. The average molecular weight is 497 g/mol. The molecule has 7 nitrogen and oxygen atoms in total. The highest BCUT2D eigenvalue weighted by molar-refractivity contribution is 7.98. The number of fused-ring (bicyclic) bond motifs is 1. The van der Waals surface area contributed by atoms with E-state index in [9.17, 15) is 0 Å². The average Bonchev–Trinajstić information content (AvgIpc) is 3.49. The van der Waals surface area contributed by atoms with Gasteiger partial charge in [0.1, 0.15) is 5.65 Å². The molecule has 2 aromatic carbocycles. The molecule has 1 fully saturated rings. The highest BCUT2D eigenvalue weighted by atomic mass is 32.2. The fourth-order valence-corrected chi connectivity index (χ4v) is 5.53. The van der Waals surface area contributed by atoms with E-state index in [1.807, 2.05) is 12.1 Å². The molecular weight excluding hydrogens is 468 g/mol. The molecular formula is C28H28N6OS. The van der Waals surface area contributed by atoms with Crippen molar-refractivity contribution in [3.8, 4) is 11.3 Å². The Morgan fingerprint density at radius 2 is 1.64 bits per heavy atom. The van der Waals surface area contributed by atoms with Gasteiger partial charge in [-0.3, -0.25) is 4.57 Å². The van der Waals surface area contributed by atoms with Gasteiger partial charge in [0.15, 0.2) is 5.16 Å². The minimum atomic E-state index is 0.711. The molecule has 0 spiro atoms. The molecule has 182 valence electrons. The number of thioether (sulfide) groups is 1. The van der Waals surface area contributed by atoms with E-state index in [4.69, 9.17) is 9.72 Å². The van der Waals surface area contributed by atoms with Crippen molar-refractivity contribution in [1.29, 1.82) is 0 Å². The number of imidazole rings is 1. The van der Waals surface area contributed by atoms with Crippen LogP contribution in [0.2, 0.25) is 0 Å². The molecule has 36 heavy (non-hydrogen) atoms. The minimum absolute atomic E-state index is 0.711. The lowest BCUT2D eigenvalue weighted by molar-refractivity contribution is 0.121. The summed E-state index contributed by atoms with van der Waals surface area (Å²) in [6, 6.07) is 25.1. The topological polar surface area (TPSA) is 60.5 Å². The Hall–Kier alpha value is -3.62. The molecule has 8 heteroatoms. The maximum atomic E-state index is 5.57. The van der Waals surface area contributed by atoms with Crippen LogP contribution in [0.25, 0.3) is 16.9 Å². The monoisotopic (exact) mass is 496 g/mol. The van der Waals surface area contributed by atoms with Crippen molar-refractivity contribution in [1.82, 2.24) is 24.1 Å². The Labute approximate surface area is 214 Å². The van der Waals surface area contributed by atoms with Crippen molar-refractivity contribution in [2.75, 3.05) is 31.2 Å². The zero-order valence-corrected chi connectivity index (χ0v) is 21.1. The van der Waals surface area contributed by atoms with Gasteiger partial charge < -0.3 is 14.0 Å². The summed E-state index contributed by atoms with van der Waals surface area (Å²) < 4.78 is 10.0. The smallest absolute Gasteiger partial charge is 0.228 e. The quantitative estimate of drug-likeness (QED) is 0.293. The van der Waals surface area contributed by atoms with Crippen LogP contribution >= 0.6 is 11.8 Å². The van der Waals surface area contributed by atoms with Gasteiger partial charge >= 0.3 is 0 Å². The summed E-state index contributed by atoms with van der Waals surface area (Å²) in [5, 5.41) is 10.2. The van der Waals surface area contributed by atoms with Crippen LogP contribution in [0, 0.1) is 6.92 Å². The predicted octanol–water partition coefficient (Wildman–Crippen LogP) is 5.08. The number of pyridine rings is 1. The van der Waals surface area contributed by atoms with Crippen LogP contribution in [0.1, 0.15) is 16.8 Å². The lowest BCUT2D eigenvalue weighted by atomic mass is 10.1. The molecule has 0 radical (unpaired) electrons. The molecule has 1 aliphatic rings.